The summed E-state index contributed by atoms with van der Waals surface area (Å²) in [4.78, 5) is 9.94. The van der Waals surface area contributed by atoms with E-state index in [1.165, 1.54) is 38.2 Å². The monoisotopic (exact) mass is 257 g/mol. The van der Waals surface area contributed by atoms with Crippen molar-refractivity contribution in [2.75, 3.05) is 14.2 Å². The molecule has 0 bridgehead atoms. The molecule has 0 amide bonds. The standard InChI is InChI=1S/C10H12NO5P/c1-15-17(14,16-2)8-7-9-3-5-10(6-4-9)11(12)13/h3-8H,1-2H3/b8-7+. The topological polar surface area (TPSA) is 78.7 Å². The van der Waals surface area contributed by atoms with Crippen LogP contribution in [0.4, 0.5) is 5.69 Å². The lowest BCUT2D eigenvalue weighted by atomic mass is 10.2. The zero-order valence-electron chi connectivity index (χ0n) is 9.40. The van der Waals surface area contributed by atoms with Crippen LogP contribution in [0.1, 0.15) is 5.56 Å². The Balaban J connectivity index is 2.86. The fraction of sp³-hybridized carbons (Fsp3) is 0.200. The second-order valence-corrected chi connectivity index (χ2v) is 5.18. The van der Waals surface area contributed by atoms with Crippen LogP contribution in [0.3, 0.4) is 0 Å². The van der Waals surface area contributed by atoms with Crippen molar-refractivity contribution in [2.24, 2.45) is 0 Å². The highest BCUT2D eigenvalue weighted by Crippen LogP contribution is 2.48. The van der Waals surface area contributed by atoms with E-state index in [1.54, 1.807) is 12.1 Å². The Labute approximate surface area is 98.5 Å². The second kappa shape index (κ2) is 5.72. The first kappa shape index (κ1) is 13.6. The molecule has 0 radical (unpaired) electrons. The van der Waals surface area contributed by atoms with E-state index < -0.39 is 12.5 Å². The van der Waals surface area contributed by atoms with Gasteiger partial charge >= 0.3 is 7.60 Å². The van der Waals surface area contributed by atoms with Crippen molar-refractivity contribution >= 4 is 19.4 Å². The van der Waals surface area contributed by atoms with E-state index >= 15 is 0 Å². The summed E-state index contributed by atoms with van der Waals surface area (Å²) in [6.45, 7) is 0. The Morgan fingerprint density at radius 1 is 1.24 bits per heavy atom. The van der Waals surface area contributed by atoms with Crippen molar-refractivity contribution in [3.63, 3.8) is 0 Å². The Hall–Kier alpha value is -1.49. The van der Waals surface area contributed by atoms with Crippen LogP contribution in [0.25, 0.3) is 6.08 Å². The predicted octanol–water partition coefficient (Wildman–Crippen LogP) is 3.05. The van der Waals surface area contributed by atoms with Gasteiger partial charge in [-0.3, -0.25) is 14.7 Å². The number of nitro groups is 1. The van der Waals surface area contributed by atoms with Gasteiger partial charge in [-0.05, 0) is 23.8 Å². The number of hydrogen-bond acceptors (Lipinski definition) is 5. The molecule has 6 nitrogen and oxygen atoms in total. The molecule has 0 fully saturated rings. The summed E-state index contributed by atoms with van der Waals surface area (Å²) in [5, 5.41) is 10.4. The molecule has 1 aromatic rings. The largest absolute Gasteiger partial charge is 0.353 e. The van der Waals surface area contributed by atoms with E-state index in [0.717, 1.165) is 0 Å². The van der Waals surface area contributed by atoms with Crippen molar-refractivity contribution < 1.29 is 18.5 Å². The smallest absolute Gasteiger partial charge is 0.309 e. The van der Waals surface area contributed by atoms with Crippen LogP contribution < -0.4 is 0 Å². The Morgan fingerprint density at radius 3 is 2.18 bits per heavy atom. The summed E-state index contributed by atoms with van der Waals surface area (Å²) < 4.78 is 21.1. The zero-order chi connectivity index (χ0) is 12.9. The van der Waals surface area contributed by atoms with Gasteiger partial charge in [0.05, 0.1) is 4.92 Å². The lowest BCUT2D eigenvalue weighted by Crippen LogP contribution is -1.87. The van der Waals surface area contributed by atoms with Crippen LogP contribution in [-0.2, 0) is 13.6 Å². The maximum Gasteiger partial charge on any atom is 0.353 e. The molecule has 0 saturated carbocycles. The molecule has 0 saturated heterocycles. The van der Waals surface area contributed by atoms with Gasteiger partial charge in [0.25, 0.3) is 5.69 Å². The molecule has 1 rings (SSSR count). The summed E-state index contributed by atoms with van der Waals surface area (Å²) in [5.74, 6) is 1.30. The molecule has 0 aliphatic rings. The Bertz CT molecular complexity index is 460. The Morgan fingerprint density at radius 2 is 1.76 bits per heavy atom. The fourth-order valence-corrected chi connectivity index (χ4v) is 1.83. The zero-order valence-corrected chi connectivity index (χ0v) is 10.3. The van der Waals surface area contributed by atoms with Gasteiger partial charge in [0.2, 0.25) is 0 Å². The third-order valence-electron chi connectivity index (χ3n) is 2.06. The van der Waals surface area contributed by atoms with Gasteiger partial charge < -0.3 is 9.05 Å². The summed E-state index contributed by atoms with van der Waals surface area (Å²) in [5.41, 5.74) is 0.675. The average Bonchev–Trinajstić information content (AvgIpc) is 2.36. The van der Waals surface area contributed by atoms with Gasteiger partial charge in [0, 0.05) is 32.2 Å². The van der Waals surface area contributed by atoms with E-state index in [0.29, 0.717) is 5.56 Å². The van der Waals surface area contributed by atoms with E-state index in [2.05, 4.69) is 0 Å². The number of non-ortho nitro benzene ring substituents is 1. The van der Waals surface area contributed by atoms with Crippen LogP contribution in [0, 0.1) is 10.1 Å². The number of hydrogen-bond donors (Lipinski definition) is 0. The summed E-state index contributed by atoms with van der Waals surface area (Å²) in [7, 11) is -0.628. The molecule has 7 heteroatoms. The van der Waals surface area contributed by atoms with Crippen LogP contribution >= 0.6 is 7.60 Å². The molecule has 0 atom stereocenters. The van der Waals surface area contributed by atoms with E-state index in [9.17, 15) is 14.7 Å². The number of benzene rings is 1. The number of rotatable bonds is 5. The first-order valence-corrected chi connectivity index (χ1v) is 6.27. The van der Waals surface area contributed by atoms with Crippen molar-refractivity contribution in [3.05, 3.63) is 45.8 Å². The first-order valence-electron chi connectivity index (χ1n) is 4.65. The molecule has 0 unspecified atom stereocenters. The van der Waals surface area contributed by atoms with Gasteiger partial charge in [-0.2, -0.15) is 0 Å². The van der Waals surface area contributed by atoms with Gasteiger partial charge in [-0.15, -0.1) is 0 Å². The van der Waals surface area contributed by atoms with Crippen LogP contribution in [0.5, 0.6) is 0 Å². The Kier molecular flexibility index (Phi) is 4.57. The molecule has 17 heavy (non-hydrogen) atoms. The molecule has 0 N–H and O–H groups in total. The molecule has 1 aromatic carbocycles. The van der Waals surface area contributed by atoms with Gasteiger partial charge in [-0.25, -0.2) is 0 Å². The average molecular weight is 257 g/mol. The molecule has 0 aliphatic carbocycles. The molecule has 0 aromatic heterocycles. The quantitative estimate of drug-likeness (QED) is 0.460. The SMILES string of the molecule is COP(=O)(/C=C/c1ccc([N+](=O)[O-])cc1)OC. The van der Waals surface area contributed by atoms with Crippen molar-refractivity contribution in [2.45, 2.75) is 0 Å². The highest BCUT2D eigenvalue weighted by molar-refractivity contribution is 7.57. The van der Waals surface area contributed by atoms with Gasteiger partial charge in [0.15, 0.2) is 0 Å². The van der Waals surface area contributed by atoms with E-state index in [4.69, 9.17) is 9.05 Å². The van der Waals surface area contributed by atoms with Crippen molar-refractivity contribution in [1.82, 2.24) is 0 Å². The predicted molar refractivity (Wildman–Crippen MR) is 63.8 cm³/mol. The van der Waals surface area contributed by atoms with Crippen LogP contribution in [-0.4, -0.2) is 19.1 Å². The minimum absolute atomic E-state index is 0.00353. The molecule has 0 spiro atoms. The number of nitro benzene ring substituents is 1. The lowest BCUT2D eigenvalue weighted by molar-refractivity contribution is -0.384. The fourth-order valence-electron chi connectivity index (χ4n) is 1.08. The van der Waals surface area contributed by atoms with Crippen molar-refractivity contribution in [1.29, 1.82) is 0 Å². The normalized spacial score (nSPS) is 11.9. The summed E-state index contributed by atoms with van der Waals surface area (Å²) in [6, 6.07) is 5.82. The third kappa shape index (κ3) is 3.78. The van der Waals surface area contributed by atoms with E-state index in [-0.39, 0.29) is 5.69 Å². The lowest BCUT2D eigenvalue weighted by Gasteiger charge is -2.07. The summed E-state index contributed by atoms with van der Waals surface area (Å²) >= 11 is 0. The minimum Gasteiger partial charge on any atom is -0.309 e. The van der Waals surface area contributed by atoms with E-state index in [1.807, 2.05) is 0 Å². The molecular formula is C10H12NO5P. The van der Waals surface area contributed by atoms with Crippen molar-refractivity contribution in [3.8, 4) is 0 Å². The first-order chi connectivity index (χ1) is 8.00. The molecule has 0 aliphatic heterocycles. The van der Waals surface area contributed by atoms with Gasteiger partial charge in [0.1, 0.15) is 0 Å². The van der Waals surface area contributed by atoms with Crippen LogP contribution in [0.15, 0.2) is 30.1 Å². The highest BCUT2D eigenvalue weighted by Gasteiger charge is 2.15. The maximum atomic E-state index is 11.7. The second-order valence-electron chi connectivity index (χ2n) is 3.07. The molecule has 0 heterocycles. The van der Waals surface area contributed by atoms with Gasteiger partial charge in [-0.1, -0.05) is 0 Å². The third-order valence-corrected chi connectivity index (χ3v) is 3.59. The maximum absolute atomic E-state index is 11.7. The highest BCUT2D eigenvalue weighted by atomic mass is 31.2. The molecular weight excluding hydrogens is 245 g/mol. The number of nitrogens with zero attached hydrogens (tertiary/aromatic N) is 1. The van der Waals surface area contributed by atoms with Crippen LogP contribution in [0.2, 0.25) is 0 Å². The minimum atomic E-state index is -3.19. The summed E-state index contributed by atoms with van der Waals surface area (Å²) in [6.07, 6.45) is 1.53. The molecule has 92 valence electrons.